The molecule has 0 aliphatic carbocycles. The van der Waals surface area contributed by atoms with Gasteiger partial charge in [-0.25, -0.2) is 13.4 Å². The molecular weight excluding hydrogens is 600 g/mol. The molecule has 5 rings (SSSR count). The molecule has 2 aliphatic heterocycles. The van der Waals surface area contributed by atoms with Crippen molar-refractivity contribution in [1.82, 2.24) is 24.1 Å². The van der Waals surface area contributed by atoms with Crippen molar-refractivity contribution < 1.29 is 17.9 Å². The third-order valence-electron chi connectivity index (χ3n) is 9.84. The highest BCUT2D eigenvalue weighted by Gasteiger charge is 2.39. The Balaban J connectivity index is 1.13. The Morgan fingerprint density at radius 2 is 1.76 bits per heavy atom. The van der Waals surface area contributed by atoms with Gasteiger partial charge in [-0.15, -0.1) is 0 Å². The molecule has 0 saturated carbocycles. The van der Waals surface area contributed by atoms with E-state index in [-0.39, 0.29) is 30.2 Å². The second-order valence-corrected chi connectivity index (χ2v) is 14.8. The molecule has 0 amide bonds. The van der Waals surface area contributed by atoms with E-state index in [1.165, 1.54) is 5.56 Å². The Labute approximate surface area is 275 Å². The molecule has 1 aromatic heterocycles. The summed E-state index contributed by atoms with van der Waals surface area (Å²) in [5, 5.41) is 0. The molecule has 250 valence electrons. The molecule has 2 saturated heterocycles. The Morgan fingerprint density at radius 3 is 2.41 bits per heavy atom. The van der Waals surface area contributed by atoms with Crippen LogP contribution < -0.4 is 15.2 Å². The normalized spacial score (nSPS) is 19.8. The smallest absolute Gasteiger partial charge is 0.316 e. The van der Waals surface area contributed by atoms with E-state index in [4.69, 9.17) is 15.2 Å². The van der Waals surface area contributed by atoms with Crippen LogP contribution in [0.3, 0.4) is 0 Å². The summed E-state index contributed by atoms with van der Waals surface area (Å²) < 4.78 is 40.4. The van der Waals surface area contributed by atoms with Crippen molar-refractivity contribution in [3.8, 4) is 11.8 Å². The number of nitrogens with zero attached hydrogens (tertiary/aromatic N) is 5. The van der Waals surface area contributed by atoms with E-state index in [1.54, 1.807) is 43.6 Å². The van der Waals surface area contributed by atoms with Gasteiger partial charge in [0.25, 0.3) is 0 Å². The molecule has 46 heavy (non-hydrogen) atoms. The van der Waals surface area contributed by atoms with Gasteiger partial charge in [0.15, 0.2) is 0 Å². The van der Waals surface area contributed by atoms with E-state index in [9.17, 15) is 8.42 Å². The maximum absolute atomic E-state index is 13.8. The monoisotopic (exact) mass is 650 g/mol. The molecule has 3 heterocycles. The van der Waals surface area contributed by atoms with Crippen LogP contribution in [0.15, 0.2) is 59.6 Å². The van der Waals surface area contributed by atoms with Crippen LogP contribution in [0.2, 0.25) is 0 Å². The highest BCUT2D eigenvalue weighted by atomic mass is 32.2. The molecule has 1 unspecified atom stereocenters. The minimum atomic E-state index is -3.71. The quantitative estimate of drug-likeness (QED) is 0.282. The lowest BCUT2D eigenvalue weighted by atomic mass is 9.80. The third kappa shape index (κ3) is 7.39. The van der Waals surface area contributed by atoms with Gasteiger partial charge >= 0.3 is 6.01 Å². The summed E-state index contributed by atoms with van der Waals surface area (Å²) in [5.74, 6) is 0.645. The SMILES string of the molecule is COc1cc(C)c(S(=O)(=O)N2CCC[C@H]2COc2nccc(C(N)CCCN3CCC(c4ccccc4)(N(C)C)CC3)n2)c(C)c1. The van der Waals surface area contributed by atoms with E-state index >= 15 is 0 Å². The van der Waals surface area contributed by atoms with Crippen LogP contribution in [0.5, 0.6) is 11.8 Å². The standard InChI is InChI=1S/C35H50N6O4S/c1-26-23-30(44-5)24-27(2)33(26)46(42,43)41-20-9-13-29(41)25-45-34-37-18-15-32(38-34)31(36)14-10-19-40-21-16-35(17-22-40,39(3)4)28-11-7-6-8-12-28/h6-8,11-12,15,18,23-24,29,31H,9-10,13-14,16-17,19-22,25,36H2,1-5H3/t29-,31?/m0/s1. The molecule has 2 fully saturated rings. The zero-order valence-electron chi connectivity index (χ0n) is 28.0. The van der Waals surface area contributed by atoms with Crippen molar-refractivity contribution in [2.45, 2.75) is 74.9 Å². The summed E-state index contributed by atoms with van der Waals surface area (Å²) in [7, 11) is 2.25. The fourth-order valence-electron chi connectivity index (χ4n) is 7.22. The van der Waals surface area contributed by atoms with E-state index in [1.807, 2.05) is 6.07 Å². The molecular formula is C35H50N6O4S. The molecule has 0 radical (unpaired) electrons. The lowest BCUT2D eigenvalue weighted by Crippen LogP contribution is -2.50. The second kappa shape index (κ2) is 14.8. The molecule has 10 nitrogen and oxygen atoms in total. The van der Waals surface area contributed by atoms with Crippen LogP contribution in [0.25, 0.3) is 0 Å². The average Bonchev–Trinajstić information content (AvgIpc) is 3.54. The summed E-state index contributed by atoms with van der Waals surface area (Å²) >= 11 is 0. The molecule has 0 spiro atoms. The number of likely N-dealkylation sites (tertiary alicyclic amines) is 1. The first kappa shape index (κ1) is 34.3. The van der Waals surface area contributed by atoms with Crippen LogP contribution in [0, 0.1) is 13.8 Å². The molecule has 2 aliphatic rings. The van der Waals surface area contributed by atoms with Gasteiger partial charge < -0.3 is 20.1 Å². The first-order valence-corrected chi connectivity index (χ1v) is 17.8. The number of benzene rings is 2. The van der Waals surface area contributed by atoms with E-state index in [2.05, 4.69) is 64.2 Å². The zero-order chi connectivity index (χ0) is 32.9. The molecule has 3 aromatic rings. The zero-order valence-corrected chi connectivity index (χ0v) is 28.8. The summed E-state index contributed by atoms with van der Waals surface area (Å²) in [6, 6.07) is 15.9. The first-order valence-electron chi connectivity index (χ1n) is 16.4. The number of methoxy groups -OCH3 is 1. The molecule has 2 N–H and O–H groups in total. The Kier molecular flexibility index (Phi) is 11.0. The summed E-state index contributed by atoms with van der Waals surface area (Å²) in [5.41, 5.74) is 10.1. The highest BCUT2D eigenvalue weighted by molar-refractivity contribution is 7.89. The fraction of sp³-hybridized carbons (Fsp3) is 0.543. The van der Waals surface area contributed by atoms with Crippen LogP contribution >= 0.6 is 0 Å². The third-order valence-corrected chi connectivity index (χ3v) is 12.1. The number of ether oxygens (including phenoxy) is 2. The fourth-order valence-corrected chi connectivity index (χ4v) is 9.31. The van der Waals surface area contributed by atoms with Crippen molar-refractivity contribution in [1.29, 1.82) is 0 Å². The largest absolute Gasteiger partial charge is 0.497 e. The van der Waals surface area contributed by atoms with Crippen LogP contribution in [0.1, 0.15) is 67.0 Å². The van der Waals surface area contributed by atoms with Crippen molar-refractivity contribution in [3.63, 3.8) is 0 Å². The first-order chi connectivity index (χ1) is 22.0. The van der Waals surface area contributed by atoms with E-state index in [0.29, 0.717) is 34.7 Å². The maximum Gasteiger partial charge on any atom is 0.316 e. The van der Waals surface area contributed by atoms with Crippen LogP contribution in [0.4, 0.5) is 0 Å². The molecule has 2 atom stereocenters. The molecule has 11 heteroatoms. The summed E-state index contributed by atoms with van der Waals surface area (Å²) in [6.45, 7) is 7.35. The van der Waals surface area contributed by atoms with Gasteiger partial charge in [-0.05, 0) is 108 Å². The van der Waals surface area contributed by atoms with Gasteiger partial charge in [-0.2, -0.15) is 9.29 Å². The Bertz CT molecular complexity index is 1540. The van der Waals surface area contributed by atoms with Gasteiger partial charge in [0.1, 0.15) is 12.4 Å². The summed E-state index contributed by atoms with van der Waals surface area (Å²) in [4.78, 5) is 14.2. The second-order valence-electron chi connectivity index (χ2n) is 13.0. The van der Waals surface area contributed by atoms with Gasteiger partial charge in [0.05, 0.1) is 23.7 Å². The Morgan fingerprint density at radius 1 is 1.07 bits per heavy atom. The van der Waals surface area contributed by atoms with Gasteiger partial charge in [-0.1, -0.05) is 30.3 Å². The number of nitrogens with two attached hydrogens (primary N) is 1. The highest BCUT2D eigenvalue weighted by Crippen LogP contribution is 2.37. The molecule has 0 bridgehead atoms. The summed E-state index contributed by atoms with van der Waals surface area (Å²) in [6.07, 6.45) is 7.13. The Hall–Kier alpha value is -3.09. The van der Waals surface area contributed by atoms with Crippen molar-refractivity contribution in [3.05, 3.63) is 77.1 Å². The van der Waals surface area contributed by atoms with Crippen molar-refractivity contribution >= 4 is 10.0 Å². The molecule has 2 aromatic carbocycles. The number of piperidine rings is 1. The van der Waals surface area contributed by atoms with Gasteiger partial charge in [0.2, 0.25) is 10.0 Å². The number of hydrogen-bond acceptors (Lipinski definition) is 9. The predicted molar refractivity (Wildman–Crippen MR) is 181 cm³/mol. The van der Waals surface area contributed by atoms with Gasteiger partial charge in [-0.3, -0.25) is 4.90 Å². The average molecular weight is 651 g/mol. The lowest BCUT2D eigenvalue weighted by molar-refractivity contribution is 0.0530. The number of rotatable bonds is 13. The minimum absolute atomic E-state index is 0.0821. The van der Waals surface area contributed by atoms with Crippen molar-refractivity contribution in [2.75, 3.05) is 54.0 Å². The van der Waals surface area contributed by atoms with Crippen LogP contribution in [-0.4, -0.2) is 92.5 Å². The maximum atomic E-state index is 13.8. The number of aryl methyl sites for hydroxylation is 2. The minimum Gasteiger partial charge on any atom is -0.497 e. The van der Waals surface area contributed by atoms with E-state index in [0.717, 1.165) is 57.4 Å². The topological polar surface area (TPSA) is 114 Å². The number of aromatic nitrogens is 2. The lowest BCUT2D eigenvalue weighted by Gasteiger charge is -2.46. The van der Waals surface area contributed by atoms with Crippen molar-refractivity contribution in [2.24, 2.45) is 5.73 Å². The van der Waals surface area contributed by atoms with E-state index < -0.39 is 10.0 Å². The predicted octanol–water partition coefficient (Wildman–Crippen LogP) is 4.67. The van der Waals surface area contributed by atoms with Crippen LogP contribution in [-0.2, 0) is 15.6 Å². The number of sulfonamides is 1. The number of hydrogen-bond donors (Lipinski definition) is 1. The van der Waals surface area contributed by atoms with Gasteiger partial charge in [0, 0.05) is 37.4 Å².